The van der Waals surface area contributed by atoms with Crippen LogP contribution < -0.4 is 10.5 Å². The van der Waals surface area contributed by atoms with Crippen LogP contribution in [0, 0.1) is 11.8 Å². The summed E-state index contributed by atoms with van der Waals surface area (Å²) in [6.07, 6.45) is 3.49. The van der Waals surface area contributed by atoms with E-state index in [1.54, 1.807) is 17.8 Å². The number of fused-ring (bicyclic) bond motifs is 2. The molecular formula is C18H15N5O. The van der Waals surface area contributed by atoms with E-state index >= 15 is 0 Å². The third-order valence-electron chi connectivity index (χ3n) is 4.06. The second-order valence-electron chi connectivity index (χ2n) is 5.54. The van der Waals surface area contributed by atoms with Gasteiger partial charge in [-0.3, -0.25) is 0 Å². The van der Waals surface area contributed by atoms with Crippen molar-refractivity contribution >= 4 is 23.4 Å². The maximum absolute atomic E-state index is 5.72. The molecule has 1 atom stereocenters. The zero-order chi connectivity index (χ0) is 16.7. The minimum Gasteiger partial charge on any atom is -0.479 e. The minimum absolute atomic E-state index is 0.153. The summed E-state index contributed by atoms with van der Waals surface area (Å²) in [5.41, 5.74) is 10.5. The molecule has 0 saturated carbocycles. The molecule has 0 spiro atoms. The van der Waals surface area contributed by atoms with Gasteiger partial charge < -0.3 is 10.5 Å². The maximum Gasteiger partial charge on any atom is 0.243 e. The Balaban J connectivity index is 1.92. The second kappa shape index (κ2) is 5.39. The predicted octanol–water partition coefficient (Wildman–Crippen LogP) is 2.81. The summed E-state index contributed by atoms with van der Waals surface area (Å²) < 4.78 is 7.05. The van der Waals surface area contributed by atoms with Crippen molar-refractivity contribution in [1.29, 1.82) is 0 Å². The average Bonchev–Trinajstić information content (AvgIpc) is 2.92. The molecule has 1 aromatic carbocycles. The Morgan fingerprint density at radius 1 is 1.29 bits per heavy atom. The number of aromatic nitrogens is 3. The van der Waals surface area contributed by atoms with Crippen molar-refractivity contribution < 1.29 is 4.74 Å². The van der Waals surface area contributed by atoms with E-state index < -0.39 is 0 Å². The van der Waals surface area contributed by atoms with E-state index in [1.165, 1.54) is 0 Å². The number of rotatable bonds is 2. The molecule has 6 heteroatoms. The molecule has 0 bridgehead atoms. The largest absolute Gasteiger partial charge is 0.479 e. The summed E-state index contributed by atoms with van der Waals surface area (Å²) in [5, 5.41) is 4.20. The molecule has 3 aromatic rings. The molecule has 0 unspecified atom stereocenters. The molecule has 2 N–H and O–H groups in total. The van der Waals surface area contributed by atoms with Gasteiger partial charge >= 0.3 is 0 Å². The molecule has 0 fully saturated rings. The lowest BCUT2D eigenvalue weighted by Gasteiger charge is -2.10. The zero-order valence-corrected chi connectivity index (χ0v) is 13.3. The summed E-state index contributed by atoms with van der Waals surface area (Å²) in [6, 6.07) is 8.14. The highest BCUT2D eigenvalue weighted by Gasteiger charge is 2.16. The Hall–Kier alpha value is -3.33. The SMILES string of the molecule is COc1nc(N)nn2ccc(-c3ccc4c(c3)N=CC#C[C@@H]4C)c12. The van der Waals surface area contributed by atoms with Gasteiger partial charge in [0.2, 0.25) is 11.8 Å². The fourth-order valence-electron chi connectivity index (χ4n) is 2.91. The van der Waals surface area contributed by atoms with Gasteiger partial charge in [0.25, 0.3) is 0 Å². The van der Waals surface area contributed by atoms with Crippen LogP contribution in [0.3, 0.4) is 0 Å². The number of ether oxygens (including phenoxy) is 1. The second-order valence-corrected chi connectivity index (χ2v) is 5.54. The molecule has 0 saturated heterocycles. The van der Waals surface area contributed by atoms with Crippen molar-refractivity contribution in [3.8, 4) is 28.8 Å². The maximum atomic E-state index is 5.72. The van der Waals surface area contributed by atoms with Crippen LogP contribution in [-0.4, -0.2) is 27.9 Å². The fraction of sp³-hybridized carbons (Fsp3) is 0.167. The first-order chi connectivity index (χ1) is 11.7. The first-order valence-electron chi connectivity index (χ1n) is 7.54. The van der Waals surface area contributed by atoms with Gasteiger partial charge in [-0.15, -0.1) is 5.10 Å². The number of nitrogens with two attached hydrogens (primary N) is 1. The van der Waals surface area contributed by atoms with Gasteiger partial charge in [-0.25, -0.2) is 9.51 Å². The Bertz CT molecular complexity index is 1040. The smallest absolute Gasteiger partial charge is 0.243 e. The van der Waals surface area contributed by atoms with E-state index in [1.807, 2.05) is 18.3 Å². The van der Waals surface area contributed by atoms with E-state index in [2.05, 4.69) is 46.0 Å². The first-order valence-corrected chi connectivity index (χ1v) is 7.54. The van der Waals surface area contributed by atoms with Crippen LogP contribution in [-0.2, 0) is 0 Å². The number of hydrogen-bond acceptors (Lipinski definition) is 5. The van der Waals surface area contributed by atoms with Crippen molar-refractivity contribution in [2.75, 3.05) is 12.8 Å². The normalized spacial score (nSPS) is 15.5. The number of anilines is 1. The Labute approximate surface area is 139 Å². The van der Waals surface area contributed by atoms with Crippen LogP contribution in [0.25, 0.3) is 16.6 Å². The van der Waals surface area contributed by atoms with E-state index in [4.69, 9.17) is 10.5 Å². The van der Waals surface area contributed by atoms with E-state index in [0.717, 1.165) is 27.9 Å². The fourth-order valence-corrected chi connectivity index (χ4v) is 2.91. The highest BCUT2D eigenvalue weighted by Crippen LogP contribution is 2.36. The third-order valence-corrected chi connectivity index (χ3v) is 4.06. The highest BCUT2D eigenvalue weighted by molar-refractivity contribution is 5.88. The molecule has 118 valence electrons. The van der Waals surface area contributed by atoms with E-state index in [0.29, 0.717) is 5.88 Å². The molecule has 24 heavy (non-hydrogen) atoms. The average molecular weight is 317 g/mol. The Kier molecular flexibility index (Phi) is 3.21. The van der Waals surface area contributed by atoms with Gasteiger partial charge in [0, 0.05) is 17.7 Å². The first kappa shape index (κ1) is 14.3. The van der Waals surface area contributed by atoms with Crippen molar-refractivity contribution in [3.63, 3.8) is 0 Å². The van der Waals surface area contributed by atoms with Crippen LogP contribution in [0.4, 0.5) is 11.6 Å². The van der Waals surface area contributed by atoms with Gasteiger partial charge in [-0.1, -0.05) is 24.0 Å². The Morgan fingerprint density at radius 2 is 2.17 bits per heavy atom. The van der Waals surface area contributed by atoms with Crippen molar-refractivity contribution in [3.05, 3.63) is 36.0 Å². The van der Waals surface area contributed by atoms with E-state index in [9.17, 15) is 0 Å². The molecule has 1 aliphatic heterocycles. The molecule has 2 aromatic heterocycles. The monoisotopic (exact) mass is 317 g/mol. The van der Waals surface area contributed by atoms with Crippen molar-refractivity contribution in [2.24, 2.45) is 4.99 Å². The molecular weight excluding hydrogens is 302 g/mol. The number of hydrogen-bond donors (Lipinski definition) is 1. The lowest BCUT2D eigenvalue weighted by molar-refractivity contribution is 0.400. The molecule has 6 nitrogen and oxygen atoms in total. The summed E-state index contributed by atoms with van der Waals surface area (Å²) in [5.74, 6) is 6.87. The van der Waals surface area contributed by atoms with Crippen LogP contribution in [0.15, 0.2) is 35.5 Å². The number of benzene rings is 1. The number of methoxy groups -OCH3 is 1. The summed E-state index contributed by atoms with van der Waals surface area (Å²) in [7, 11) is 1.57. The zero-order valence-electron chi connectivity index (χ0n) is 13.3. The molecule has 1 aliphatic rings. The predicted molar refractivity (Wildman–Crippen MR) is 93.7 cm³/mol. The van der Waals surface area contributed by atoms with Crippen molar-refractivity contribution in [2.45, 2.75) is 12.8 Å². The van der Waals surface area contributed by atoms with Gasteiger partial charge in [0.15, 0.2) is 0 Å². The lowest BCUT2D eigenvalue weighted by atomic mass is 9.96. The quantitative estimate of drug-likeness (QED) is 0.737. The number of aliphatic imine (C=N–C) groups is 1. The van der Waals surface area contributed by atoms with Gasteiger partial charge in [-0.05, 0) is 30.2 Å². The van der Waals surface area contributed by atoms with Crippen molar-refractivity contribution in [1.82, 2.24) is 14.6 Å². The number of nitrogens with zero attached hydrogens (tertiary/aromatic N) is 4. The summed E-state index contributed by atoms with van der Waals surface area (Å²) in [4.78, 5) is 8.62. The van der Waals surface area contributed by atoms with E-state index in [-0.39, 0.29) is 11.9 Å². The van der Waals surface area contributed by atoms with Gasteiger partial charge in [-0.2, -0.15) is 4.98 Å². The van der Waals surface area contributed by atoms with Crippen LogP contribution in [0.1, 0.15) is 18.4 Å². The topological polar surface area (TPSA) is 77.8 Å². The van der Waals surface area contributed by atoms with Crippen LogP contribution in [0.2, 0.25) is 0 Å². The third kappa shape index (κ3) is 2.18. The summed E-state index contributed by atoms with van der Waals surface area (Å²) >= 11 is 0. The summed E-state index contributed by atoms with van der Waals surface area (Å²) in [6.45, 7) is 2.08. The molecule has 0 radical (unpaired) electrons. The molecule has 0 aliphatic carbocycles. The molecule has 0 amide bonds. The van der Waals surface area contributed by atoms with Crippen LogP contribution >= 0.6 is 0 Å². The van der Waals surface area contributed by atoms with Gasteiger partial charge in [0.1, 0.15) is 5.52 Å². The minimum atomic E-state index is 0.153. The molecule has 3 heterocycles. The lowest BCUT2D eigenvalue weighted by Crippen LogP contribution is -2.03. The van der Waals surface area contributed by atoms with Crippen LogP contribution in [0.5, 0.6) is 5.88 Å². The standard InChI is InChI=1S/C18H15N5O/c1-11-4-3-8-20-15-10-12(5-6-13(11)15)14-7-9-23-16(14)17(24-2)21-18(19)22-23/h5-11H,1-2H3,(H2,19,22)/t11-/m0/s1. The number of nitrogen functional groups attached to an aromatic ring is 1. The highest BCUT2D eigenvalue weighted by atomic mass is 16.5. The molecule has 4 rings (SSSR count). The van der Waals surface area contributed by atoms with Gasteiger partial charge in [0.05, 0.1) is 19.0 Å². The Morgan fingerprint density at radius 3 is 3.00 bits per heavy atom.